The summed E-state index contributed by atoms with van der Waals surface area (Å²) in [7, 11) is 0. The van der Waals surface area contributed by atoms with Crippen LogP contribution in [0.4, 0.5) is 5.82 Å². The van der Waals surface area contributed by atoms with Gasteiger partial charge in [0.1, 0.15) is 5.82 Å². The van der Waals surface area contributed by atoms with Crippen LogP contribution in [0.3, 0.4) is 0 Å². The number of tetrazole rings is 1. The smallest absolute Gasteiger partial charge is 0.200 e. The number of halogens is 1. The molecule has 2 atom stereocenters. The highest BCUT2D eigenvalue weighted by Crippen LogP contribution is 2.11. The Kier molecular flexibility index (Phi) is 3.33. The molecular formula is C9H13BrN6. The molecule has 0 saturated heterocycles. The van der Waals surface area contributed by atoms with Crippen LogP contribution in [-0.2, 0) is 0 Å². The van der Waals surface area contributed by atoms with Crippen LogP contribution in [0.25, 0.3) is 5.65 Å². The highest BCUT2D eigenvalue weighted by atomic mass is 79.9. The zero-order chi connectivity index (χ0) is 11.5. The lowest BCUT2D eigenvalue weighted by molar-refractivity contribution is 0.688. The number of fused-ring (bicyclic) bond motifs is 1. The van der Waals surface area contributed by atoms with Gasteiger partial charge >= 0.3 is 0 Å². The summed E-state index contributed by atoms with van der Waals surface area (Å²) in [5, 5.41) is 18.6. The van der Waals surface area contributed by atoms with E-state index in [2.05, 4.69) is 55.7 Å². The zero-order valence-corrected chi connectivity index (χ0v) is 10.7. The number of nitrogens with one attached hydrogen (secondary N) is 1. The Labute approximate surface area is 102 Å². The molecule has 2 aromatic rings. The molecule has 0 bridgehead atoms. The van der Waals surface area contributed by atoms with Crippen LogP contribution in [0, 0.1) is 0 Å². The quantitative estimate of drug-likeness (QED) is 0.862. The maximum atomic E-state index is 4.24. The minimum Gasteiger partial charge on any atom is -0.366 e. The number of rotatable bonds is 4. The molecule has 2 unspecified atom stereocenters. The second-order valence-corrected chi connectivity index (χ2v) is 5.37. The van der Waals surface area contributed by atoms with Crippen LogP contribution in [-0.4, -0.2) is 36.1 Å². The predicted octanol–water partition coefficient (Wildman–Crippen LogP) is 1.49. The van der Waals surface area contributed by atoms with Gasteiger partial charge in [0.25, 0.3) is 0 Å². The van der Waals surface area contributed by atoms with Crippen molar-refractivity contribution in [2.45, 2.75) is 31.1 Å². The van der Waals surface area contributed by atoms with E-state index < -0.39 is 0 Å². The summed E-state index contributed by atoms with van der Waals surface area (Å²) in [6.07, 6.45) is 1.02. The molecule has 0 radical (unpaired) electrons. The van der Waals surface area contributed by atoms with Gasteiger partial charge in [-0.15, -0.1) is 14.8 Å². The van der Waals surface area contributed by atoms with E-state index >= 15 is 0 Å². The van der Waals surface area contributed by atoms with Gasteiger partial charge in [0.15, 0.2) is 5.65 Å². The van der Waals surface area contributed by atoms with Crippen LogP contribution in [0.15, 0.2) is 12.1 Å². The van der Waals surface area contributed by atoms with Crippen LogP contribution in [0.5, 0.6) is 0 Å². The summed E-state index contributed by atoms with van der Waals surface area (Å²) in [6.45, 7) is 4.24. The first-order valence-electron chi connectivity index (χ1n) is 5.11. The van der Waals surface area contributed by atoms with Crippen LogP contribution in [0.1, 0.15) is 20.3 Å². The number of nitrogens with zero attached hydrogens (tertiary/aromatic N) is 5. The Balaban J connectivity index is 2.08. The van der Waals surface area contributed by atoms with Crippen molar-refractivity contribution >= 4 is 27.4 Å². The molecule has 0 aliphatic carbocycles. The van der Waals surface area contributed by atoms with Gasteiger partial charge in [-0.05, 0) is 35.9 Å². The molecule has 0 aliphatic heterocycles. The summed E-state index contributed by atoms with van der Waals surface area (Å²) in [4.78, 5) is 0.478. The summed E-state index contributed by atoms with van der Waals surface area (Å²) in [6, 6.07) is 4.05. The van der Waals surface area contributed by atoms with Crippen molar-refractivity contribution < 1.29 is 0 Å². The second kappa shape index (κ2) is 4.73. The topological polar surface area (TPSA) is 68.0 Å². The van der Waals surface area contributed by atoms with Crippen LogP contribution >= 0.6 is 15.9 Å². The first kappa shape index (κ1) is 11.3. The standard InChI is InChI=1S/C9H13BrN6/c1-6(10)5-7(2)11-8-3-4-9-12-14-15-16(9)13-8/h3-4,6-7H,5H2,1-2H3,(H,11,13). The van der Waals surface area contributed by atoms with Crippen LogP contribution in [0.2, 0.25) is 0 Å². The Bertz CT molecular complexity index is 468. The van der Waals surface area contributed by atoms with Gasteiger partial charge in [-0.2, -0.15) is 0 Å². The highest BCUT2D eigenvalue weighted by Gasteiger charge is 2.07. The molecule has 0 aromatic carbocycles. The fraction of sp³-hybridized carbons (Fsp3) is 0.556. The van der Waals surface area contributed by atoms with E-state index in [1.807, 2.05) is 12.1 Å². The number of alkyl halides is 1. The van der Waals surface area contributed by atoms with Gasteiger partial charge in [0, 0.05) is 10.9 Å². The van der Waals surface area contributed by atoms with E-state index in [1.165, 1.54) is 4.63 Å². The third-order valence-electron chi connectivity index (χ3n) is 2.14. The van der Waals surface area contributed by atoms with E-state index in [0.29, 0.717) is 16.5 Å². The minimum atomic E-state index is 0.343. The molecule has 2 rings (SSSR count). The Morgan fingerprint density at radius 3 is 3.00 bits per heavy atom. The maximum Gasteiger partial charge on any atom is 0.200 e. The summed E-state index contributed by atoms with van der Waals surface area (Å²) in [5.41, 5.74) is 0.645. The van der Waals surface area contributed by atoms with E-state index in [4.69, 9.17) is 0 Å². The van der Waals surface area contributed by atoms with E-state index in [0.717, 1.165) is 12.2 Å². The molecule has 2 aromatic heterocycles. The van der Waals surface area contributed by atoms with E-state index in [9.17, 15) is 0 Å². The third kappa shape index (κ3) is 2.66. The molecule has 7 heteroatoms. The summed E-state index contributed by atoms with van der Waals surface area (Å²) in [5.74, 6) is 0.778. The molecule has 6 nitrogen and oxygen atoms in total. The molecule has 0 amide bonds. The fourth-order valence-electron chi connectivity index (χ4n) is 1.53. The van der Waals surface area contributed by atoms with Crippen molar-refractivity contribution in [2.75, 3.05) is 5.32 Å². The molecule has 86 valence electrons. The number of hydrogen-bond donors (Lipinski definition) is 1. The number of anilines is 1. The zero-order valence-electron chi connectivity index (χ0n) is 9.13. The van der Waals surface area contributed by atoms with Gasteiger partial charge in [0.2, 0.25) is 0 Å². The van der Waals surface area contributed by atoms with E-state index in [1.54, 1.807) is 0 Å². The normalized spacial score (nSPS) is 14.9. The molecule has 0 saturated carbocycles. The van der Waals surface area contributed by atoms with Crippen molar-refractivity contribution in [3.63, 3.8) is 0 Å². The number of aromatic nitrogens is 5. The fourth-order valence-corrected chi connectivity index (χ4v) is 2.09. The second-order valence-electron chi connectivity index (χ2n) is 3.81. The average Bonchev–Trinajstić information content (AvgIpc) is 2.63. The van der Waals surface area contributed by atoms with Crippen molar-refractivity contribution in [2.24, 2.45) is 0 Å². The molecule has 1 N–H and O–H groups in total. The Morgan fingerprint density at radius 2 is 2.25 bits per heavy atom. The largest absolute Gasteiger partial charge is 0.366 e. The lowest BCUT2D eigenvalue weighted by atomic mass is 10.2. The van der Waals surface area contributed by atoms with Gasteiger partial charge in [-0.25, -0.2) is 0 Å². The van der Waals surface area contributed by atoms with Crippen molar-refractivity contribution in [3.8, 4) is 0 Å². The molecule has 0 fully saturated rings. The predicted molar refractivity (Wildman–Crippen MR) is 64.7 cm³/mol. The van der Waals surface area contributed by atoms with Gasteiger partial charge in [-0.1, -0.05) is 22.9 Å². The Hall–Kier alpha value is -1.24. The lowest BCUT2D eigenvalue weighted by Crippen LogP contribution is -2.19. The van der Waals surface area contributed by atoms with Gasteiger partial charge in [0.05, 0.1) is 0 Å². The monoisotopic (exact) mass is 284 g/mol. The van der Waals surface area contributed by atoms with Crippen molar-refractivity contribution in [1.29, 1.82) is 0 Å². The van der Waals surface area contributed by atoms with Crippen molar-refractivity contribution in [1.82, 2.24) is 25.3 Å². The third-order valence-corrected chi connectivity index (χ3v) is 2.52. The first-order chi connectivity index (χ1) is 7.65. The molecule has 16 heavy (non-hydrogen) atoms. The number of hydrogen-bond acceptors (Lipinski definition) is 5. The SMILES string of the molecule is CC(Br)CC(C)Nc1ccc2nnnn2n1. The van der Waals surface area contributed by atoms with Gasteiger partial charge in [-0.3, -0.25) is 0 Å². The summed E-state index contributed by atoms with van der Waals surface area (Å²) < 4.78 is 1.41. The lowest BCUT2D eigenvalue weighted by Gasteiger charge is -2.15. The van der Waals surface area contributed by atoms with Gasteiger partial charge < -0.3 is 5.32 Å². The first-order valence-corrected chi connectivity index (χ1v) is 6.03. The Morgan fingerprint density at radius 1 is 1.44 bits per heavy atom. The average molecular weight is 285 g/mol. The highest BCUT2D eigenvalue weighted by molar-refractivity contribution is 9.09. The summed E-state index contributed by atoms with van der Waals surface area (Å²) >= 11 is 3.52. The minimum absolute atomic E-state index is 0.343. The van der Waals surface area contributed by atoms with Crippen LogP contribution < -0.4 is 5.32 Å². The van der Waals surface area contributed by atoms with Crippen molar-refractivity contribution in [3.05, 3.63) is 12.1 Å². The maximum absolute atomic E-state index is 4.24. The molecule has 0 aliphatic rings. The molecule has 2 heterocycles. The molecular weight excluding hydrogens is 272 g/mol. The van der Waals surface area contributed by atoms with E-state index in [-0.39, 0.29) is 0 Å². The molecule has 0 spiro atoms.